The van der Waals surface area contributed by atoms with Gasteiger partial charge in [-0.15, -0.1) is 10.2 Å². The fourth-order valence-corrected chi connectivity index (χ4v) is 1.26. The Morgan fingerprint density at radius 1 is 1.07 bits per heavy atom. The molecular weight excluding hydrogens is 231 g/mol. The first-order valence-electron chi connectivity index (χ1n) is 3.80. The molecule has 2 aromatic rings. The van der Waals surface area contributed by atoms with Crippen molar-refractivity contribution in [3.8, 4) is 5.69 Å². The number of nitrogens with zero attached hydrogens (tertiary/aromatic N) is 3. The Morgan fingerprint density at radius 2 is 1.73 bits per heavy atom. The SMILES string of the molecule is Fc1cc(F)c(-n2cnnc2Cl)cc1F. The van der Waals surface area contributed by atoms with Crippen LogP contribution in [0.15, 0.2) is 18.5 Å². The van der Waals surface area contributed by atoms with Gasteiger partial charge in [0.25, 0.3) is 0 Å². The number of halogens is 4. The summed E-state index contributed by atoms with van der Waals surface area (Å²) in [6.45, 7) is 0. The topological polar surface area (TPSA) is 30.7 Å². The normalized spacial score (nSPS) is 10.7. The molecule has 0 atom stereocenters. The number of rotatable bonds is 1. The fourth-order valence-electron chi connectivity index (χ4n) is 1.08. The summed E-state index contributed by atoms with van der Waals surface area (Å²) in [5.74, 6) is -3.38. The summed E-state index contributed by atoms with van der Waals surface area (Å²) in [5, 5.41) is 6.63. The lowest BCUT2D eigenvalue weighted by atomic mass is 10.3. The Balaban J connectivity index is 2.64. The predicted molar refractivity (Wildman–Crippen MR) is 46.2 cm³/mol. The molecule has 0 N–H and O–H groups in total. The fraction of sp³-hybridized carbons (Fsp3) is 0. The zero-order valence-corrected chi connectivity index (χ0v) is 7.84. The highest BCUT2D eigenvalue weighted by atomic mass is 35.5. The van der Waals surface area contributed by atoms with Gasteiger partial charge in [0.05, 0.1) is 5.69 Å². The molecule has 78 valence electrons. The van der Waals surface area contributed by atoms with Crippen LogP contribution in [-0.2, 0) is 0 Å². The summed E-state index contributed by atoms with van der Waals surface area (Å²) >= 11 is 5.54. The van der Waals surface area contributed by atoms with Gasteiger partial charge < -0.3 is 0 Å². The molecule has 3 nitrogen and oxygen atoms in total. The van der Waals surface area contributed by atoms with E-state index in [-0.39, 0.29) is 11.0 Å². The number of hydrogen-bond donors (Lipinski definition) is 0. The largest absolute Gasteiger partial charge is 0.269 e. The third-order valence-electron chi connectivity index (χ3n) is 1.76. The lowest BCUT2D eigenvalue weighted by Gasteiger charge is -2.04. The van der Waals surface area contributed by atoms with Gasteiger partial charge in [0.15, 0.2) is 11.6 Å². The van der Waals surface area contributed by atoms with Gasteiger partial charge in [-0.25, -0.2) is 13.2 Å². The van der Waals surface area contributed by atoms with Gasteiger partial charge in [-0.05, 0) is 11.6 Å². The molecule has 0 aliphatic carbocycles. The molecule has 0 amide bonds. The van der Waals surface area contributed by atoms with Crippen LogP contribution in [0.1, 0.15) is 0 Å². The average Bonchev–Trinajstić information content (AvgIpc) is 2.58. The molecule has 7 heteroatoms. The van der Waals surface area contributed by atoms with Crippen molar-refractivity contribution < 1.29 is 13.2 Å². The zero-order chi connectivity index (χ0) is 11.0. The molecular formula is C8H3ClF3N3. The lowest BCUT2D eigenvalue weighted by molar-refractivity contribution is 0.493. The van der Waals surface area contributed by atoms with Crippen molar-refractivity contribution in [3.63, 3.8) is 0 Å². The van der Waals surface area contributed by atoms with E-state index in [1.807, 2.05) is 0 Å². The summed E-state index contributed by atoms with van der Waals surface area (Å²) in [6, 6.07) is 1.11. The van der Waals surface area contributed by atoms with E-state index in [4.69, 9.17) is 11.6 Å². The molecule has 1 aromatic heterocycles. The van der Waals surface area contributed by atoms with Crippen molar-refractivity contribution >= 4 is 11.6 Å². The van der Waals surface area contributed by atoms with Gasteiger partial charge >= 0.3 is 0 Å². The second-order valence-corrected chi connectivity index (χ2v) is 3.03. The summed E-state index contributed by atoms with van der Waals surface area (Å²) < 4.78 is 39.7. The second-order valence-electron chi connectivity index (χ2n) is 2.69. The second kappa shape index (κ2) is 3.54. The Labute approximate surface area is 87.1 Å². The molecule has 0 saturated carbocycles. The van der Waals surface area contributed by atoms with Crippen LogP contribution in [0.4, 0.5) is 13.2 Å². The van der Waals surface area contributed by atoms with Crippen LogP contribution >= 0.6 is 11.6 Å². The van der Waals surface area contributed by atoms with Crippen molar-refractivity contribution in [3.05, 3.63) is 41.2 Å². The van der Waals surface area contributed by atoms with E-state index >= 15 is 0 Å². The van der Waals surface area contributed by atoms with Crippen molar-refractivity contribution in [1.29, 1.82) is 0 Å². The maximum Gasteiger partial charge on any atom is 0.229 e. The van der Waals surface area contributed by atoms with Crippen LogP contribution in [0, 0.1) is 17.5 Å². The highest BCUT2D eigenvalue weighted by Crippen LogP contribution is 2.20. The van der Waals surface area contributed by atoms with Crippen LogP contribution < -0.4 is 0 Å². The van der Waals surface area contributed by atoms with Crippen molar-refractivity contribution in [1.82, 2.24) is 14.8 Å². The molecule has 2 rings (SSSR count). The smallest absolute Gasteiger partial charge is 0.229 e. The van der Waals surface area contributed by atoms with E-state index in [0.29, 0.717) is 12.1 Å². The van der Waals surface area contributed by atoms with Crippen LogP contribution in [-0.4, -0.2) is 14.8 Å². The van der Waals surface area contributed by atoms with Gasteiger partial charge in [0.2, 0.25) is 5.28 Å². The first-order chi connectivity index (χ1) is 7.09. The summed E-state index contributed by atoms with van der Waals surface area (Å²) in [4.78, 5) is 0. The Hall–Kier alpha value is -1.56. The highest BCUT2D eigenvalue weighted by molar-refractivity contribution is 6.28. The lowest BCUT2D eigenvalue weighted by Crippen LogP contribution is -1.99. The maximum atomic E-state index is 13.2. The van der Waals surface area contributed by atoms with E-state index in [1.54, 1.807) is 0 Å². The van der Waals surface area contributed by atoms with E-state index in [1.165, 1.54) is 0 Å². The van der Waals surface area contributed by atoms with E-state index in [0.717, 1.165) is 10.9 Å². The summed E-state index contributed by atoms with van der Waals surface area (Å²) in [5.41, 5.74) is -0.246. The molecule has 0 radical (unpaired) electrons. The van der Waals surface area contributed by atoms with E-state index in [2.05, 4.69) is 10.2 Å². The van der Waals surface area contributed by atoms with Crippen LogP contribution in [0.25, 0.3) is 5.69 Å². The summed E-state index contributed by atoms with van der Waals surface area (Å²) in [7, 11) is 0. The molecule has 0 saturated heterocycles. The van der Waals surface area contributed by atoms with Crippen LogP contribution in [0.2, 0.25) is 5.28 Å². The van der Waals surface area contributed by atoms with Crippen molar-refractivity contribution in [2.45, 2.75) is 0 Å². The van der Waals surface area contributed by atoms with Crippen molar-refractivity contribution in [2.75, 3.05) is 0 Å². The molecule has 0 fully saturated rings. The minimum absolute atomic E-state index is 0.139. The molecule has 0 spiro atoms. The quantitative estimate of drug-likeness (QED) is 0.708. The maximum absolute atomic E-state index is 13.2. The Morgan fingerprint density at radius 3 is 2.33 bits per heavy atom. The first kappa shape index (κ1) is 9.97. The number of aromatic nitrogens is 3. The Kier molecular flexibility index (Phi) is 2.36. The molecule has 0 bridgehead atoms. The van der Waals surface area contributed by atoms with Crippen LogP contribution in [0.3, 0.4) is 0 Å². The zero-order valence-electron chi connectivity index (χ0n) is 7.09. The third-order valence-corrected chi connectivity index (χ3v) is 2.01. The first-order valence-corrected chi connectivity index (χ1v) is 4.18. The molecule has 0 unspecified atom stereocenters. The molecule has 1 aromatic carbocycles. The molecule has 0 aliphatic rings. The average molecular weight is 234 g/mol. The van der Waals surface area contributed by atoms with Gasteiger partial charge in [-0.2, -0.15) is 0 Å². The predicted octanol–water partition coefficient (Wildman–Crippen LogP) is 2.34. The van der Waals surface area contributed by atoms with E-state index in [9.17, 15) is 13.2 Å². The number of benzene rings is 1. The van der Waals surface area contributed by atoms with Gasteiger partial charge in [-0.1, -0.05) is 0 Å². The minimum atomic E-state index is -1.26. The highest BCUT2D eigenvalue weighted by Gasteiger charge is 2.13. The molecule has 1 heterocycles. The minimum Gasteiger partial charge on any atom is -0.269 e. The number of hydrogen-bond acceptors (Lipinski definition) is 2. The van der Waals surface area contributed by atoms with Gasteiger partial charge in [-0.3, -0.25) is 4.57 Å². The van der Waals surface area contributed by atoms with E-state index < -0.39 is 17.5 Å². The monoisotopic (exact) mass is 233 g/mol. The molecule has 0 aliphatic heterocycles. The van der Waals surface area contributed by atoms with Crippen molar-refractivity contribution in [2.24, 2.45) is 0 Å². The standard InChI is InChI=1S/C8H3ClF3N3/c9-8-14-13-3-15(8)7-2-5(11)4(10)1-6(7)12/h1-3H. The third kappa shape index (κ3) is 1.68. The van der Waals surface area contributed by atoms with Crippen LogP contribution in [0.5, 0.6) is 0 Å². The van der Waals surface area contributed by atoms with Gasteiger partial charge in [0, 0.05) is 12.1 Å². The summed E-state index contributed by atoms with van der Waals surface area (Å²) in [6.07, 6.45) is 1.10. The molecule has 15 heavy (non-hydrogen) atoms. The Bertz CT molecular complexity index is 512. The van der Waals surface area contributed by atoms with Gasteiger partial charge in [0.1, 0.15) is 12.1 Å².